The van der Waals surface area contributed by atoms with Crippen LogP contribution in [0.1, 0.15) is 62.5 Å². The first-order valence-electron chi connectivity index (χ1n) is 6.71. The Hall–Kier alpha value is -0.780. The van der Waals surface area contributed by atoms with E-state index in [1.807, 2.05) is 0 Å². The summed E-state index contributed by atoms with van der Waals surface area (Å²) in [6, 6.07) is 8.83. The zero-order valence-electron chi connectivity index (χ0n) is 10.4. The molecule has 1 aromatic rings. The molecule has 0 heteroatoms. The van der Waals surface area contributed by atoms with Crippen LogP contribution in [0.4, 0.5) is 0 Å². The van der Waals surface area contributed by atoms with Crippen molar-refractivity contribution in [2.75, 3.05) is 0 Å². The van der Waals surface area contributed by atoms with Gasteiger partial charge in [-0.25, -0.2) is 0 Å². The van der Waals surface area contributed by atoms with Crippen LogP contribution in [-0.4, -0.2) is 0 Å². The zero-order valence-corrected chi connectivity index (χ0v) is 10.4. The second-order valence-electron chi connectivity index (χ2n) is 5.25. The van der Waals surface area contributed by atoms with E-state index < -0.39 is 0 Å². The normalized spacial score (nSPS) is 25.6. The highest BCUT2D eigenvalue weighted by molar-refractivity contribution is 5.27. The quantitative estimate of drug-likeness (QED) is 0.669. The van der Waals surface area contributed by atoms with Crippen molar-refractivity contribution in [1.82, 2.24) is 0 Å². The third-order valence-electron chi connectivity index (χ3n) is 3.99. The molecule has 87 valence electrons. The minimum atomic E-state index is 0.814. The van der Waals surface area contributed by atoms with Crippen LogP contribution in [0.3, 0.4) is 0 Å². The molecule has 0 aromatic heterocycles. The van der Waals surface area contributed by atoms with Crippen LogP contribution < -0.4 is 0 Å². The molecule has 0 N–H and O–H groups in total. The molecule has 1 aromatic carbocycles. The molecule has 0 nitrogen and oxygen atoms in total. The van der Waals surface area contributed by atoms with Crippen LogP contribution >= 0.6 is 0 Å². The Morgan fingerprint density at radius 2 is 1.69 bits per heavy atom. The van der Waals surface area contributed by atoms with E-state index in [0.717, 1.165) is 17.4 Å². The fourth-order valence-electron chi connectivity index (χ4n) is 2.98. The van der Waals surface area contributed by atoms with Gasteiger partial charge in [-0.1, -0.05) is 44.0 Å². The molecule has 0 aliphatic heterocycles. The van der Waals surface area contributed by atoms with Crippen molar-refractivity contribution in [3.8, 4) is 0 Å². The number of hydrogen-bond acceptors (Lipinski definition) is 0. The smallest absolute Gasteiger partial charge is 0.0162 e. The Labute approximate surface area is 100 Å². The molecular formula is C16H23. The third kappa shape index (κ3) is 2.87. The van der Waals surface area contributed by atoms with Crippen LogP contribution in [0.15, 0.2) is 24.3 Å². The standard InChI is InChI=1S/C16H23/c1-3-4-14-7-11-16(12-8-14)15-9-5-13(2)6-10-15/h5-6,9-10,14,16H,2-4,7-8,11-12H2,1H3. The summed E-state index contributed by atoms with van der Waals surface area (Å²) in [5.74, 6) is 1.82. The largest absolute Gasteiger partial charge is 0.0654 e. The Bertz CT molecular complexity index is 301. The topological polar surface area (TPSA) is 0 Å². The van der Waals surface area contributed by atoms with Gasteiger partial charge >= 0.3 is 0 Å². The average Bonchev–Trinajstić information content (AvgIpc) is 2.32. The SMILES string of the molecule is [CH2]c1ccc(C2CCC(CCC)CC2)cc1. The van der Waals surface area contributed by atoms with Crippen molar-refractivity contribution in [2.24, 2.45) is 5.92 Å². The van der Waals surface area contributed by atoms with E-state index in [9.17, 15) is 0 Å². The van der Waals surface area contributed by atoms with E-state index in [0.29, 0.717) is 0 Å². The number of hydrogen-bond donors (Lipinski definition) is 0. The number of rotatable bonds is 3. The molecule has 0 amide bonds. The Balaban J connectivity index is 1.91. The molecule has 16 heavy (non-hydrogen) atoms. The molecule has 0 bridgehead atoms. The van der Waals surface area contributed by atoms with E-state index in [2.05, 4.69) is 38.1 Å². The van der Waals surface area contributed by atoms with Crippen LogP contribution in [0.25, 0.3) is 0 Å². The summed E-state index contributed by atoms with van der Waals surface area (Å²) in [4.78, 5) is 0. The van der Waals surface area contributed by atoms with Crippen LogP contribution in [-0.2, 0) is 0 Å². The van der Waals surface area contributed by atoms with E-state index in [4.69, 9.17) is 0 Å². The lowest BCUT2D eigenvalue weighted by Crippen LogP contribution is -2.13. The molecule has 0 saturated heterocycles. The highest BCUT2D eigenvalue weighted by atomic mass is 14.3. The molecule has 1 aliphatic rings. The van der Waals surface area contributed by atoms with E-state index in [-0.39, 0.29) is 0 Å². The molecule has 0 heterocycles. The predicted molar refractivity (Wildman–Crippen MR) is 70.5 cm³/mol. The summed E-state index contributed by atoms with van der Waals surface area (Å²) in [6.45, 7) is 6.25. The summed E-state index contributed by atoms with van der Waals surface area (Å²) in [7, 11) is 0. The van der Waals surface area contributed by atoms with Gasteiger partial charge in [0.15, 0.2) is 0 Å². The van der Waals surface area contributed by atoms with Gasteiger partial charge < -0.3 is 0 Å². The van der Waals surface area contributed by atoms with Crippen molar-refractivity contribution < 1.29 is 0 Å². The fourth-order valence-corrected chi connectivity index (χ4v) is 2.98. The monoisotopic (exact) mass is 215 g/mol. The predicted octanol–water partition coefficient (Wildman–Crippen LogP) is 4.94. The Morgan fingerprint density at radius 1 is 1.06 bits per heavy atom. The minimum Gasteiger partial charge on any atom is -0.0654 e. The summed E-state index contributed by atoms with van der Waals surface area (Å²) < 4.78 is 0. The lowest BCUT2D eigenvalue weighted by Gasteiger charge is -2.28. The lowest BCUT2D eigenvalue weighted by atomic mass is 9.77. The summed E-state index contributed by atoms with van der Waals surface area (Å²) in [5, 5.41) is 0. The Kier molecular flexibility index (Phi) is 4.04. The minimum absolute atomic E-state index is 0.814. The first-order valence-corrected chi connectivity index (χ1v) is 6.71. The molecule has 1 radical (unpaired) electrons. The van der Waals surface area contributed by atoms with Crippen molar-refractivity contribution >= 4 is 0 Å². The van der Waals surface area contributed by atoms with Gasteiger partial charge in [-0.3, -0.25) is 0 Å². The lowest BCUT2D eigenvalue weighted by molar-refractivity contribution is 0.308. The maximum absolute atomic E-state index is 3.94. The van der Waals surface area contributed by atoms with Crippen LogP contribution in [0.2, 0.25) is 0 Å². The molecule has 0 atom stereocenters. The summed E-state index contributed by atoms with van der Waals surface area (Å²) in [6.07, 6.45) is 8.44. The summed E-state index contributed by atoms with van der Waals surface area (Å²) in [5.41, 5.74) is 2.66. The number of benzene rings is 1. The van der Waals surface area contributed by atoms with Crippen molar-refractivity contribution in [3.05, 3.63) is 42.3 Å². The van der Waals surface area contributed by atoms with Crippen molar-refractivity contribution in [3.63, 3.8) is 0 Å². The molecule has 1 aliphatic carbocycles. The van der Waals surface area contributed by atoms with Gasteiger partial charge in [-0.15, -0.1) is 0 Å². The fraction of sp³-hybridized carbons (Fsp3) is 0.562. The highest BCUT2D eigenvalue weighted by Crippen LogP contribution is 2.37. The molecule has 2 rings (SSSR count). The zero-order chi connectivity index (χ0) is 11.4. The molecular weight excluding hydrogens is 192 g/mol. The van der Waals surface area contributed by atoms with E-state index in [1.165, 1.54) is 44.1 Å². The van der Waals surface area contributed by atoms with Crippen molar-refractivity contribution in [1.29, 1.82) is 0 Å². The second-order valence-corrected chi connectivity index (χ2v) is 5.25. The van der Waals surface area contributed by atoms with Gasteiger partial charge in [0.1, 0.15) is 0 Å². The van der Waals surface area contributed by atoms with Gasteiger partial charge in [0.2, 0.25) is 0 Å². The molecule has 0 spiro atoms. The molecule has 1 fully saturated rings. The highest BCUT2D eigenvalue weighted by Gasteiger charge is 2.21. The van der Waals surface area contributed by atoms with E-state index in [1.54, 1.807) is 0 Å². The van der Waals surface area contributed by atoms with E-state index >= 15 is 0 Å². The van der Waals surface area contributed by atoms with Gasteiger partial charge in [0.05, 0.1) is 0 Å². The van der Waals surface area contributed by atoms with Gasteiger partial charge in [-0.2, -0.15) is 0 Å². The van der Waals surface area contributed by atoms with Crippen LogP contribution in [0.5, 0.6) is 0 Å². The third-order valence-corrected chi connectivity index (χ3v) is 3.99. The molecule has 1 saturated carbocycles. The average molecular weight is 215 g/mol. The molecule has 0 unspecified atom stereocenters. The van der Waals surface area contributed by atoms with Gasteiger partial charge in [0, 0.05) is 0 Å². The first kappa shape index (κ1) is 11.7. The first-order chi connectivity index (χ1) is 7.79. The summed E-state index contributed by atoms with van der Waals surface area (Å²) >= 11 is 0. The Morgan fingerprint density at radius 3 is 2.25 bits per heavy atom. The van der Waals surface area contributed by atoms with Gasteiger partial charge in [0.25, 0.3) is 0 Å². The van der Waals surface area contributed by atoms with Crippen LogP contribution in [0, 0.1) is 12.8 Å². The van der Waals surface area contributed by atoms with Gasteiger partial charge in [-0.05, 0) is 55.6 Å². The maximum atomic E-state index is 3.94. The maximum Gasteiger partial charge on any atom is -0.0162 e. The van der Waals surface area contributed by atoms with Crippen molar-refractivity contribution in [2.45, 2.75) is 51.4 Å². The second kappa shape index (κ2) is 5.52.